The van der Waals surface area contributed by atoms with Gasteiger partial charge in [0.25, 0.3) is 10.0 Å². The number of fused-ring (bicyclic) bond motifs is 6. The molecule has 2 fully saturated rings. The Morgan fingerprint density at radius 3 is 2.29 bits per heavy atom. The van der Waals surface area contributed by atoms with Gasteiger partial charge in [0.05, 0.1) is 28.7 Å². The number of halogens is 1. The molecule has 0 unspecified atom stereocenters. The van der Waals surface area contributed by atoms with Gasteiger partial charge in [0.2, 0.25) is 20.1 Å². The monoisotopic (exact) mass is 764 g/mol. The SMILES string of the molecule is CN1CC(=O)N2[C@H](C1=O)[C@@H](O[Si](C)(C)c1cc3ccccc3n1C(=O)OC(C)(C)C)[C@]1(Br)c3ccccc3N(S(=O)(=O)c3ccccc3)[C@H]21. The van der Waals surface area contributed by atoms with Gasteiger partial charge in [-0.3, -0.25) is 14.2 Å². The number of likely N-dealkylation sites (N-methyl/N-ethyl adjacent to an activating group) is 1. The van der Waals surface area contributed by atoms with Crippen LogP contribution in [0.2, 0.25) is 13.1 Å². The summed E-state index contributed by atoms with van der Waals surface area (Å²) in [5, 5.41) is 1.40. The normalized spacial score (nSPS) is 23.9. The van der Waals surface area contributed by atoms with Gasteiger partial charge in [-0.05, 0) is 69.8 Å². The predicted octanol–water partition coefficient (Wildman–Crippen LogP) is 4.73. The number of hydrogen-bond donors (Lipinski definition) is 0. The molecule has 0 spiro atoms. The topological polar surface area (TPSA) is 118 Å². The zero-order chi connectivity index (χ0) is 35.3. The summed E-state index contributed by atoms with van der Waals surface area (Å²) >= 11 is 3.98. The number of amides is 2. The summed E-state index contributed by atoms with van der Waals surface area (Å²) in [7, 11) is -5.96. The lowest BCUT2D eigenvalue weighted by atomic mass is 9.92. The van der Waals surface area contributed by atoms with Crippen LogP contribution in [0.3, 0.4) is 0 Å². The molecule has 4 aromatic rings. The summed E-state index contributed by atoms with van der Waals surface area (Å²) in [4.78, 5) is 44.8. The summed E-state index contributed by atoms with van der Waals surface area (Å²) < 4.78 is 43.6. The summed E-state index contributed by atoms with van der Waals surface area (Å²) in [6, 6.07) is 23.3. The molecule has 3 aliphatic heterocycles. The summed E-state index contributed by atoms with van der Waals surface area (Å²) in [5.41, 5.74) is 0.818. The van der Waals surface area contributed by atoms with Gasteiger partial charge in [0.15, 0.2) is 0 Å². The minimum atomic E-state index is -4.25. The first-order chi connectivity index (χ1) is 23.0. The first kappa shape index (κ1) is 33.5. The molecule has 11 nitrogen and oxygen atoms in total. The number of aromatic nitrogens is 1. The lowest BCUT2D eigenvalue weighted by molar-refractivity contribution is -0.155. The van der Waals surface area contributed by atoms with E-state index in [1.54, 1.807) is 70.3 Å². The van der Waals surface area contributed by atoms with E-state index in [-0.39, 0.29) is 17.3 Å². The smallest absolute Gasteiger partial charge is 0.418 e. The first-order valence-electron chi connectivity index (χ1n) is 15.9. The molecular formula is C35H37BrN4O7SSi. The van der Waals surface area contributed by atoms with Gasteiger partial charge >= 0.3 is 6.09 Å². The van der Waals surface area contributed by atoms with Crippen molar-refractivity contribution in [1.29, 1.82) is 0 Å². The van der Waals surface area contributed by atoms with Gasteiger partial charge in [-0.1, -0.05) is 70.5 Å². The maximum Gasteiger partial charge on any atom is 0.418 e. The minimum absolute atomic E-state index is 0.0481. The molecule has 3 aliphatic rings. The van der Waals surface area contributed by atoms with E-state index in [2.05, 4.69) is 15.9 Å². The van der Waals surface area contributed by atoms with E-state index in [1.165, 1.54) is 30.8 Å². The average molecular weight is 766 g/mol. The van der Waals surface area contributed by atoms with Crippen molar-refractivity contribution in [3.63, 3.8) is 0 Å². The molecule has 256 valence electrons. The van der Waals surface area contributed by atoms with E-state index in [0.717, 1.165) is 5.39 Å². The Kier molecular flexibility index (Phi) is 7.71. The molecule has 0 bridgehead atoms. The van der Waals surface area contributed by atoms with E-state index in [0.29, 0.717) is 22.1 Å². The molecule has 4 heterocycles. The number of nitrogens with zero attached hydrogens (tertiary/aromatic N) is 4. The summed E-state index contributed by atoms with van der Waals surface area (Å²) in [6.07, 6.45) is -2.79. The minimum Gasteiger partial charge on any atom is -0.443 e. The highest BCUT2D eigenvalue weighted by Crippen LogP contribution is 2.61. The molecule has 2 amide bonds. The number of carbonyl (C=O) groups is 3. The van der Waals surface area contributed by atoms with E-state index in [9.17, 15) is 22.8 Å². The number of anilines is 1. The van der Waals surface area contributed by atoms with E-state index < -0.39 is 58.6 Å². The van der Waals surface area contributed by atoms with Crippen LogP contribution < -0.4 is 9.62 Å². The lowest BCUT2D eigenvalue weighted by Crippen LogP contribution is -2.64. The highest BCUT2D eigenvalue weighted by atomic mass is 79.9. The Balaban J connectivity index is 1.42. The zero-order valence-corrected chi connectivity index (χ0v) is 31.4. The largest absolute Gasteiger partial charge is 0.443 e. The molecule has 7 rings (SSSR count). The first-order valence-corrected chi connectivity index (χ1v) is 21.1. The standard InChI is InChI=1S/C35H37BrN4O7SSi/c1-34(2,3)46-33(43)38-25-18-12-10-14-22(25)20-28(38)49(5,6)47-30-29-31(42)37(4)21-27(41)39(29)32-35(30,36)24-17-11-13-19-26(24)40(32)48(44,45)23-15-8-7-9-16-23/h7-20,29-30,32H,21H2,1-6H3/t29-,30+,32-,35+/m0/s1. The Morgan fingerprint density at radius 2 is 1.59 bits per heavy atom. The number of carbonyl (C=O) groups excluding carboxylic acids is 3. The average Bonchev–Trinajstić information content (AvgIpc) is 3.64. The van der Waals surface area contributed by atoms with Crippen molar-refractivity contribution in [1.82, 2.24) is 14.4 Å². The van der Waals surface area contributed by atoms with Crippen LogP contribution in [0.25, 0.3) is 10.9 Å². The molecule has 3 aromatic carbocycles. The van der Waals surface area contributed by atoms with Crippen molar-refractivity contribution in [2.45, 2.75) is 67.0 Å². The second-order valence-electron chi connectivity index (χ2n) is 14.2. The molecule has 49 heavy (non-hydrogen) atoms. The van der Waals surface area contributed by atoms with Crippen molar-refractivity contribution < 1.29 is 32.0 Å². The van der Waals surface area contributed by atoms with Crippen molar-refractivity contribution in [3.8, 4) is 0 Å². The number of benzene rings is 3. The van der Waals surface area contributed by atoms with Crippen LogP contribution in [0.5, 0.6) is 0 Å². The molecule has 0 radical (unpaired) electrons. The van der Waals surface area contributed by atoms with Crippen LogP contribution in [0.4, 0.5) is 10.5 Å². The van der Waals surface area contributed by atoms with Crippen molar-refractivity contribution in [2.75, 3.05) is 17.9 Å². The maximum atomic E-state index is 14.5. The third-order valence-electron chi connectivity index (χ3n) is 9.33. The number of sulfonamides is 1. The Bertz CT molecular complexity index is 2130. The number of para-hydroxylation sites is 2. The predicted molar refractivity (Wildman–Crippen MR) is 191 cm³/mol. The van der Waals surface area contributed by atoms with Crippen LogP contribution in [0, 0.1) is 0 Å². The van der Waals surface area contributed by atoms with Crippen LogP contribution in [0.1, 0.15) is 26.3 Å². The fraction of sp³-hybridized carbons (Fsp3) is 0.343. The van der Waals surface area contributed by atoms with Gasteiger partial charge < -0.3 is 19.0 Å². The third-order valence-corrected chi connectivity index (χ3v) is 14.8. The molecule has 0 aliphatic carbocycles. The second kappa shape index (κ2) is 11.3. The maximum absolute atomic E-state index is 14.5. The van der Waals surface area contributed by atoms with E-state index >= 15 is 0 Å². The molecule has 14 heteroatoms. The fourth-order valence-corrected chi connectivity index (χ4v) is 12.7. The van der Waals surface area contributed by atoms with Crippen LogP contribution in [-0.2, 0) is 33.1 Å². The Morgan fingerprint density at radius 1 is 0.959 bits per heavy atom. The zero-order valence-electron chi connectivity index (χ0n) is 28.0. The Hall–Kier alpha value is -3.98. The number of alkyl halides is 1. The lowest BCUT2D eigenvalue weighted by Gasteiger charge is -2.41. The third kappa shape index (κ3) is 5.05. The highest BCUT2D eigenvalue weighted by Gasteiger charge is 2.72. The molecule has 4 atom stereocenters. The molecular weight excluding hydrogens is 728 g/mol. The molecule has 1 aromatic heterocycles. The van der Waals surface area contributed by atoms with Crippen LogP contribution in [-0.4, -0.2) is 86.5 Å². The van der Waals surface area contributed by atoms with Crippen molar-refractivity contribution >= 4 is 74.1 Å². The van der Waals surface area contributed by atoms with E-state index in [1.807, 2.05) is 43.4 Å². The fourth-order valence-electron chi connectivity index (χ4n) is 7.30. The number of ether oxygens (including phenoxy) is 1. The Labute approximate surface area is 294 Å². The van der Waals surface area contributed by atoms with Gasteiger partial charge in [-0.25, -0.2) is 17.5 Å². The quantitative estimate of drug-likeness (QED) is 0.213. The van der Waals surface area contributed by atoms with E-state index in [4.69, 9.17) is 9.16 Å². The number of hydrogen-bond acceptors (Lipinski definition) is 7. The van der Waals surface area contributed by atoms with Gasteiger partial charge in [-0.2, -0.15) is 0 Å². The second-order valence-corrected chi connectivity index (χ2v) is 21.1. The highest BCUT2D eigenvalue weighted by molar-refractivity contribution is 9.09. The van der Waals surface area contributed by atoms with Crippen LogP contribution >= 0.6 is 15.9 Å². The summed E-state index contributed by atoms with van der Waals surface area (Å²) in [5.74, 6) is -0.778. The molecule has 0 N–H and O–H groups in total. The molecule has 0 saturated carbocycles. The van der Waals surface area contributed by atoms with Crippen LogP contribution in [0.15, 0.2) is 89.8 Å². The summed E-state index contributed by atoms with van der Waals surface area (Å²) in [6.45, 7) is 9.03. The van der Waals surface area contributed by atoms with Crippen molar-refractivity contribution in [3.05, 3.63) is 90.5 Å². The van der Waals surface area contributed by atoms with Gasteiger partial charge in [0, 0.05) is 17.8 Å². The number of piperazine rings is 1. The van der Waals surface area contributed by atoms with Gasteiger partial charge in [-0.15, -0.1) is 0 Å². The van der Waals surface area contributed by atoms with Crippen molar-refractivity contribution in [2.24, 2.45) is 0 Å². The molecule has 2 saturated heterocycles. The van der Waals surface area contributed by atoms with Gasteiger partial charge in [0.1, 0.15) is 22.1 Å². The number of rotatable bonds is 5.